The lowest BCUT2D eigenvalue weighted by molar-refractivity contribution is -0.116. The van der Waals surface area contributed by atoms with Crippen molar-refractivity contribution in [2.75, 3.05) is 10.6 Å². The minimum absolute atomic E-state index is 0.0519. The summed E-state index contributed by atoms with van der Waals surface area (Å²) < 4.78 is 0. The second kappa shape index (κ2) is 15.5. The minimum atomic E-state index is -0.615. The summed E-state index contributed by atoms with van der Waals surface area (Å²) in [5, 5.41) is 8.04. The Hall–Kier alpha value is -5.73. The van der Waals surface area contributed by atoms with Crippen LogP contribution in [0.15, 0.2) is 144 Å². The Bertz CT molecular complexity index is 1920. The molecule has 0 aliphatic heterocycles. The van der Waals surface area contributed by atoms with E-state index in [0.717, 1.165) is 21.6 Å². The fraction of sp³-hybridized carbons (Fsp3) is 0.0769. The molecule has 0 aliphatic rings. The Morgan fingerprint density at radius 1 is 0.660 bits per heavy atom. The molecule has 47 heavy (non-hydrogen) atoms. The molecule has 5 aromatic carbocycles. The van der Waals surface area contributed by atoms with Crippen molar-refractivity contribution in [3.63, 3.8) is 0 Å². The monoisotopic (exact) mass is 639 g/mol. The highest BCUT2D eigenvalue weighted by Crippen LogP contribution is 2.37. The van der Waals surface area contributed by atoms with Gasteiger partial charge >= 0.3 is 0 Å². The summed E-state index contributed by atoms with van der Waals surface area (Å²) >= 11 is 1.34. The molecule has 3 N–H and O–H groups in total. The van der Waals surface area contributed by atoms with Gasteiger partial charge in [0.05, 0.1) is 0 Å². The van der Waals surface area contributed by atoms with Crippen molar-refractivity contribution >= 4 is 52.7 Å². The lowest BCUT2D eigenvalue weighted by Gasteiger charge is -2.18. The summed E-state index contributed by atoms with van der Waals surface area (Å²) in [4.78, 5) is 52.7. The van der Waals surface area contributed by atoms with Crippen LogP contribution in [0.3, 0.4) is 0 Å². The van der Waals surface area contributed by atoms with Gasteiger partial charge in [0.1, 0.15) is 10.9 Å². The SMILES string of the molecule is CC(=O)c1ccc(NC(=O)C(Sc2cccc(NC(=O)/C(=C/c3ccccc3C)NC(=O)c3ccccc3)c2)c2ccccc2)cc1. The van der Waals surface area contributed by atoms with Crippen LogP contribution in [0.1, 0.15) is 49.6 Å². The van der Waals surface area contributed by atoms with Gasteiger partial charge in [-0.15, -0.1) is 11.8 Å². The van der Waals surface area contributed by atoms with Gasteiger partial charge in [-0.25, -0.2) is 0 Å². The molecule has 3 amide bonds. The molecule has 0 heterocycles. The second-order valence-electron chi connectivity index (χ2n) is 10.7. The molecule has 0 bridgehead atoms. The number of Topliss-reactive ketones (excluding diaryl/α,β-unsaturated/α-hetero) is 1. The van der Waals surface area contributed by atoms with Crippen LogP contribution in [-0.4, -0.2) is 23.5 Å². The van der Waals surface area contributed by atoms with E-state index in [1.54, 1.807) is 72.8 Å². The third kappa shape index (κ3) is 8.93. The van der Waals surface area contributed by atoms with Gasteiger partial charge in [-0.2, -0.15) is 0 Å². The van der Waals surface area contributed by atoms with E-state index in [2.05, 4.69) is 16.0 Å². The molecule has 8 heteroatoms. The number of hydrogen-bond acceptors (Lipinski definition) is 5. The van der Waals surface area contributed by atoms with Gasteiger partial charge in [-0.1, -0.05) is 78.9 Å². The quantitative estimate of drug-likeness (QED) is 0.0770. The fourth-order valence-corrected chi connectivity index (χ4v) is 5.81. The number of anilines is 2. The van der Waals surface area contributed by atoms with Crippen LogP contribution in [0.4, 0.5) is 11.4 Å². The average Bonchev–Trinajstić information content (AvgIpc) is 3.09. The number of aryl methyl sites for hydroxylation is 1. The first-order valence-corrected chi connectivity index (χ1v) is 15.8. The highest BCUT2D eigenvalue weighted by atomic mass is 32.2. The Labute approximate surface area is 278 Å². The summed E-state index contributed by atoms with van der Waals surface area (Å²) in [6.07, 6.45) is 1.66. The maximum absolute atomic E-state index is 13.6. The number of hydrogen-bond donors (Lipinski definition) is 3. The lowest BCUT2D eigenvalue weighted by atomic mass is 10.1. The fourth-order valence-electron chi connectivity index (χ4n) is 4.73. The zero-order valence-corrected chi connectivity index (χ0v) is 26.7. The van der Waals surface area contributed by atoms with E-state index in [4.69, 9.17) is 0 Å². The van der Waals surface area contributed by atoms with Crippen LogP contribution < -0.4 is 16.0 Å². The van der Waals surface area contributed by atoms with Gasteiger partial charge in [-0.3, -0.25) is 19.2 Å². The van der Waals surface area contributed by atoms with Crippen molar-refractivity contribution in [1.29, 1.82) is 0 Å². The molecule has 5 aromatic rings. The number of carbonyl (C=O) groups excluding carboxylic acids is 4. The summed E-state index contributed by atoms with van der Waals surface area (Å²) in [5.41, 5.74) is 4.69. The number of thioether (sulfide) groups is 1. The van der Waals surface area contributed by atoms with Gasteiger partial charge in [0.15, 0.2) is 5.78 Å². The number of benzene rings is 5. The van der Waals surface area contributed by atoms with Crippen molar-refractivity contribution in [3.05, 3.63) is 167 Å². The van der Waals surface area contributed by atoms with Gasteiger partial charge in [0.25, 0.3) is 11.8 Å². The zero-order valence-electron chi connectivity index (χ0n) is 25.9. The first-order chi connectivity index (χ1) is 22.8. The normalized spacial score (nSPS) is 11.7. The molecule has 0 aromatic heterocycles. The van der Waals surface area contributed by atoms with E-state index < -0.39 is 17.1 Å². The first kappa shape index (κ1) is 32.7. The summed E-state index contributed by atoms with van der Waals surface area (Å²) in [6.45, 7) is 3.43. The molecule has 1 atom stereocenters. The van der Waals surface area contributed by atoms with E-state index in [9.17, 15) is 19.2 Å². The molecule has 1 unspecified atom stereocenters. The summed E-state index contributed by atoms with van der Waals surface area (Å²) in [7, 11) is 0. The van der Waals surface area contributed by atoms with Crippen molar-refractivity contribution in [3.8, 4) is 0 Å². The lowest BCUT2D eigenvalue weighted by Crippen LogP contribution is -2.30. The average molecular weight is 640 g/mol. The molecule has 0 radical (unpaired) electrons. The van der Waals surface area contributed by atoms with Crippen LogP contribution in [0.2, 0.25) is 0 Å². The van der Waals surface area contributed by atoms with Crippen molar-refractivity contribution < 1.29 is 19.2 Å². The molecule has 234 valence electrons. The van der Waals surface area contributed by atoms with Crippen LogP contribution in [0.25, 0.3) is 6.08 Å². The largest absolute Gasteiger partial charge is 0.325 e. The molecule has 5 rings (SSSR count). The number of rotatable bonds is 11. The number of nitrogens with one attached hydrogen (secondary N) is 3. The number of carbonyl (C=O) groups is 4. The van der Waals surface area contributed by atoms with Crippen molar-refractivity contribution in [2.45, 2.75) is 24.0 Å². The number of amides is 3. The van der Waals surface area contributed by atoms with Gasteiger partial charge in [-0.05, 0) is 91.2 Å². The third-order valence-electron chi connectivity index (χ3n) is 7.26. The molecule has 0 saturated carbocycles. The van der Waals surface area contributed by atoms with Gasteiger partial charge in [0.2, 0.25) is 5.91 Å². The second-order valence-corrected chi connectivity index (χ2v) is 11.9. The maximum Gasteiger partial charge on any atom is 0.272 e. The molecule has 0 saturated heterocycles. The molecule has 0 aliphatic carbocycles. The van der Waals surface area contributed by atoms with Crippen molar-refractivity contribution in [2.24, 2.45) is 0 Å². The topological polar surface area (TPSA) is 104 Å². The van der Waals surface area contributed by atoms with E-state index in [1.165, 1.54) is 18.7 Å². The summed E-state index contributed by atoms with van der Waals surface area (Å²) in [6, 6.07) is 39.7. The zero-order chi connectivity index (χ0) is 33.2. The highest BCUT2D eigenvalue weighted by Gasteiger charge is 2.23. The summed E-state index contributed by atoms with van der Waals surface area (Å²) in [5.74, 6) is -1.19. The van der Waals surface area contributed by atoms with Crippen LogP contribution >= 0.6 is 11.8 Å². The Morgan fingerprint density at radius 2 is 1.32 bits per heavy atom. The standard InChI is InChI=1S/C39H33N3O4S/c1-26-12-9-10-17-31(26)24-35(42-37(44)30-15-7-4-8-16-30)38(45)41-33-18-11-19-34(25-33)47-36(29-13-5-3-6-14-29)39(46)40-32-22-20-28(21-23-32)27(2)43/h3-25,36H,1-2H3,(H,40,46)(H,41,45)(H,42,44)/b35-24-. The highest BCUT2D eigenvalue weighted by molar-refractivity contribution is 8.00. The molecule has 0 spiro atoms. The molecule has 7 nitrogen and oxygen atoms in total. The van der Waals surface area contributed by atoms with E-state index in [-0.39, 0.29) is 17.4 Å². The predicted octanol–water partition coefficient (Wildman–Crippen LogP) is 8.08. The Balaban J connectivity index is 1.37. The molecular weight excluding hydrogens is 607 g/mol. The van der Waals surface area contributed by atoms with Gasteiger partial charge < -0.3 is 16.0 Å². The van der Waals surface area contributed by atoms with Gasteiger partial charge in [0, 0.05) is 27.4 Å². The van der Waals surface area contributed by atoms with Crippen LogP contribution in [0, 0.1) is 6.92 Å². The molecule has 0 fully saturated rings. The predicted molar refractivity (Wildman–Crippen MR) is 188 cm³/mol. The third-order valence-corrected chi connectivity index (χ3v) is 8.51. The van der Waals surface area contributed by atoms with E-state index >= 15 is 0 Å². The maximum atomic E-state index is 13.6. The Morgan fingerprint density at radius 3 is 2.00 bits per heavy atom. The van der Waals surface area contributed by atoms with E-state index in [0.29, 0.717) is 22.5 Å². The number of ketones is 1. The van der Waals surface area contributed by atoms with E-state index in [1.807, 2.05) is 73.7 Å². The van der Waals surface area contributed by atoms with Crippen molar-refractivity contribution in [1.82, 2.24) is 5.32 Å². The minimum Gasteiger partial charge on any atom is -0.325 e. The smallest absolute Gasteiger partial charge is 0.272 e. The first-order valence-electron chi connectivity index (χ1n) is 15.0. The van der Waals surface area contributed by atoms with Crippen LogP contribution in [-0.2, 0) is 9.59 Å². The Kier molecular flexibility index (Phi) is 10.8. The molecular formula is C39H33N3O4S. The van der Waals surface area contributed by atoms with Crippen LogP contribution in [0.5, 0.6) is 0 Å².